The van der Waals surface area contributed by atoms with Crippen LogP contribution in [0.4, 0.5) is 11.5 Å². The van der Waals surface area contributed by atoms with E-state index in [0.29, 0.717) is 23.0 Å². The lowest BCUT2D eigenvalue weighted by Crippen LogP contribution is -2.25. The Labute approximate surface area is 166 Å². The molecular formula is C18H21N3O6S. The van der Waals surface area contributed by atoms with Gasteiger partial charge in [0.15, 0.2) is 12.4 Å². The number of aryl methyl sites for hydroxylation is 1. The molecular weight excluding hydrogens is 386 g/mol. The molecule has 0 fully saturated rings. The minimum Gasteiger partial charge on any atom is -0.497 e. The van der Waals surface area contributed by atoms with Crippen LogP contribution in [0.25, 0.3) is 0 Å². The fourth-order valence-electron chi connectivity index (χ4n) is 1.98. The Morgan fingerprint density at radius 2 is 1.93 bits per heavy atom. The Kier molecular flexibility index (Phi) is 7.88. The lowest BCUT2D eigenvalue weighted by Gasteiger charge is -2.10. The van der Waals surface area contributed by atoms with E-state index in [-0.39, 0.29) is 11.7 Å². The van der Waals surface area contributed by atoms with Crippen molar-refractivity contribution in [2.24, 2.45) is 0 Å². The molecule has 2 aromatic rings. The normalized spacial score (nSPS) is 11.4. The minimum absolute atomic E-state index is 0.0672. The van der Waals surface area contributed by atoms with Crippen molar-refractivity contribution >= 4 is 41.1 Å². The van der Waals surface area contributed by atoms with Crippen LogP contribution in [0, 0.1) is 6.92 Å². The number of nitrogens with one attached hydrogen (secondary N) is 2. The molecule has 9 nitrogen and oxygen atoms in total. The van der Waals surface area contributed by atoms with Gasteiger partial charge in [0.25, 0.3) is 5.91 Å². The van der Waals surface area contributed by atoms with Gasteiger partial charge in [-0.15, -0.1) is 11.8 Å². The Bertz CT molecular complexity index is 821. The van der Waals surface area contributed by atoms with E-state index in [9.17, 15) is 14.4 Å². The number of carbonyl (C=O) groups excluding carboxylic acids is 3. The fourth-order valence-corrected chi connectivity index (χ4v) is 2.66. The molecule has 0 spiro atoms. The second-order valence-corrected chi connectivity index (χ2v) is 7.03. The highest BCUT2D eigenvalue weighted by molar-refractivity contribution is 8.01. The van der Waals surface area contributed by atoms with Crippen LogP contribution in [0.15, 0.2) is 34.9 Å². The van der Waals surface area contributed by atoms with Crippen molar-refractivity contribution in [3.05, 3.63) is 36.1 Å². The van der Waals surface area contributed by atoms with E-state index in [1.165, 1.54) is 0 Å². The summed E-state index contributed by atoms with van der Waals surface area (Å²) in [6, 6.07) is 8.33. The quantitative estimate of drug-likeness (QED) is 0.607. The van der Waals surface area contributed by atoms with Gasteiger partial charge < -0.3 is 24.6 Å². The second kappa shape index (κ2) is 10.4. The molecule has 1 aromatic heterocycles. The fraction of sp³-hybridized carbons (Fsp3) is 0.333. The summed E-state index contributed by atoms with van der Waals surface area (Å²) in [5.74, 6) is 0.117. The second-order valence-electron chi connectivity index (χ2n) is 5.70. The highest BCUT2D eigenvalue weighted by atomic mass is 32.2. The summed E-state index contributed by atoms with van der Waals surface area (Å²) >= 11 is 1.09. The smallest absolute Gasteiger partial charge is 0.316 e. The molecule has 0 aliphatic carbocycles. The monoisotopic (exact) mass is 407 g/mol. The third-order valence-electron chi connectivity index (χ3n) is 3.44. The number of benzene rings is 1. The number of hydrogen-bond acceptors (Lipinski definition) is 8. The van der Waals surface area contributed by atoms with Crippen LogP contribution in [0.1, 0.15) is 12.7 Å². The van der Waals surface area contributed by atoms with Crippen molar-refractivity contribution in [1.82, 2.24) is 5.16 Å². The number of amides is 2. The maximum atomic E-state index is 12.0. The molecule has 1 atom stereocenters. The lowest BCUT2D eigenvalue weighted by atomic mass is 10.3. The van der Waals surface area contributed by atoms with Gasteiger partial charge in [0.1, 0.15) is 11.5 Å². The van der Waals surface area contributed by atoms with E-state index >= 15 is 0 Å². The Balaban J connectivity index is 1.66. The topological polar surface area (TPSA) is 120 Å². The first-order chi connectivity index (χ1) is 13.4. The van der Waals surface area contributed by atoms with Crippen molar-refractivity contribution in [3.8, 4) is 5.75 Å². The molecule has 150 valence electrons. The van der Waals surface area contributed by atoms with Crippen LogP contribution < -0.4 is 15.4 Å². The summed E-state index contributed by atoms with van der Waals surface area (Å²) in [6.45, 7) is 2.95. The van der Waals surface area contributed by atoms with Crippen LogP contribution in [0.2, 0.25) is 0 Å². The van der Waals surface area contributed by atoms with Crippen LogP contribution in [0.3, 0.4) is 0 Å². The van der Waals surface area contributed by atoms with Crippen molar-refractivity contribution < 1.29 is 28.4 Å². The zero-order valence-electron chi connectivity index (χ0n) is 15.7. The van der Waals surface area contributed by atoms with Gasteiger partial charge in [-0.2, -0.15) is 0 Å². The highest BCUT2D eigenvalue weighted by Gasteiger charge is 2.17. The van der Waals surface area contributed by atoms with Gasteiger partial charge in [-0.1, -0.05) is 5.16 Å². The van der Waals surface area contributed by atoms with Crippen molar-refractivity contribution in [3.63, 3.8) is 0 Å². The van der Waals surface area contributed by atoms with E-state index in [1.54, 1.807) is 51.3 Å². The number of esters is 1. The number of aromatic nitrogens is 1. The van der Waals surface area contributed by atoms with E-state index in [0.717, 1.165) is 11.8 Å². The van der Waals surface area contributed by atoms with Gasteiger partial charge in [-0.3, -0.25) is 14.4 Å². The zero-order valence-corrected chi connectivity index (χ0v) is 16.5. The molecule has 2 N–H and O–H groups in total. The summed E-state index contributed by atoms with van der Waals surface area (Å²) in [7, 11) is 1.55. The molecule has 2 rings (SSSR count). The molecule has 0 radical (unpaired) electrons. The average Bonchev–Trinajstić information content (AvgIpc) is 3.09. The minimum atomic E-state index is -0.591. The molecule has 0 bridgehead atoms. The number of nitrogens with zero attached hydrogens (tertiary/aromatic N) is 1. The number of carbonyl (C=O) groups is 3. The van der Waals surface area contributed by atoms with Gasteiger partial charge in [0.05, 0.1) is 18.1 Å². The first kappa shape index (κ1) is 21.3. The molecule has 1 heterocycles. The molecule has 28 heavy (non-hydrogen) atoms. The van der Waals surface area contributed by atoms with E-state index in [2.05, 4.69) is 15.8 Å². The Hall–Kier alpha value is -3.01. The number of methoxy groups -OCH3 is 1. The van der Waals surface area contributed by atoms with Crippen LogP contribution in [-0.4, -0.2) is 47.7 Å². The van der Waals surface area contributed by atoms with E-state index < -0.39 is 23.7 Å². The molecule has 0 saturated carbocycles. The first-order valence-electron chi connectivity index (χ1n) is 8.32. The van der Waals surface area contributed by atoms with Crippen LogP contribution >= 0.6 is 11.8 Å². The van der Waals surface area contributed by atoms with Crippen molar-refractivity contribution in [2.45, 2.75) is 19.1 Å². The predicted octanol–water partition coefficient (Wildman–Crippen LogP) is 2.23. The average molecular weight is 407 g/mol. The Morgan fingerprint density at radius 3 is 2.54 bits per heavy atom. The van der Waals surface area contributed by atoms with Crippen LogP contribution in [0.5, 0.6) is 5.75 Å². The summed E-state index contributed by atoms with van der Waals surface area (Å²) in [5, 5.41) is 8.34. The molecule has 1 aromatic carbocycles. The molecule has 0 aliphatic heterocycles. The molecule has 10 heteroatoms. The summed E-state index contributed by atoms with van der Waals surface area (Å²) < 4.78 is 14.8. The van der Waals surface area contributed by atoms with Crippen LogP contribution in [-0.2, 0) is 19.1 Å². The van der Waals surface area contributed by atoms with E-state index in [4.69, 9.17) is 14.0 Å². The van der Waals surface area contributed by atoms with Gasteiger partial charge in [0.2, 0.25) is 5.91 Å². The summed E-state index contributed by atoms with van der Waals surface area (Å²) in [6.07, 6.45) is 0. The predicted molar refractivity (Wildman–Crippen MR) is 104 cm³/mol. The summed E-state index contributed by atoms with van der Waals surface area (Å²) in [4.78, 5) is 35.6. The maximum absolute atomic E-state index is 12.0. The molecule has 0 saturated heterocycles. The molecule has 2 amide bonds. The molecule has 0 aliphatic rings. The maximum Gasteiger partial charge on any atom is 0.316 e. The number of anilines is 2. The first-order valence-corrected chi connectivity index (χ1v) is 9.37. The third-order valence-corrected chi connectivity index (χ3v) is 4.55. The Morgan fingerprint density at radius 1 is 1.21 bits per heavy atom. The number of ether oxygens (including phenoxy) is 2. The number of hydrogen-bond donors (Lipinski definition) is 2. The standard InChI is InChI=1S/C18H21N3O6S/c1-11-8-15(21-27-11)20-18(24)12(2)28-10-17(23)26-9-16(22)19-13-4-6-14(25-3)7-5-13/h4-8,12H,9-10H2,1-3H3,(H,19,22)(H,20,21,24)/t12-/m0/s1. The third kappa shape index (κ3) is 6.95. The van der Waals surface area contributed by atoms with Gasteiger partial charge in [-0.05, 0) is 38.1 Å². The lowest BCUT2D eigenvalue weighted by molar-refractivity contribution is -0.144. The molecule has 0 unspecified atom stereocenters. The highest BCUT2D eigenvalue weighted by Crippen LogP contribution is 2.16. The van der Waals surface area contributed by atoms with Gasteiger partial charge in [0, 0.05) is 11.8 Å². The van der Waals surface area contributed by atoms with Crippen molar-refractivity contribution in [2.75, 3.05) is 30.1 Å². The summed E-state index contributed by atoms with van der Waals surface area (Å²) in [5.41, 5.74) is 0.560. The number of rotatable bonds is 9. The largest absolute Gasteiger partial charge is 0.497 e. The van der Waals surface area contributed by atoms with Gasteiger partial charge in [-0.25, -0.2) is 0 Å². The van der Waals surface area contributed by atoms with Gasteiger partial charge >= 0.3 is 5.97 Å². The van der Waals surface area contributed by atoms with E-state index in [1.807, 2.05) is 0 Å². The SMILES string of the molecule is COc1ccc(NC(=O)COC(=O)CS[C@@H](C)C(=O)Nc2cc(C)on2)cc1. The zero-order chi connectivity index (χ0) is 20.5. The van der Waals surface area contributed by atoms with Crippen molar-refractivity contribution in [1.29, 1.82) is 0 Å². The number of thioether (sulfide) groups is 1.